The van der Waals surface area contributed by atoms with Crippen molar-refractivity contribution in [3.05, 3.63) is 77.2 Å². The first-order valence-corrected chi connectivity index (χ1v) is 14.3. The number of carbonyl (C=O) groups excluding carboxylic acids is 1. The highest BCUT2D eigenvalue weighted by Gasteiger charge is 2.45. The van der Waals surface area contributed by atoms with Gasteiger partial charge in [0.15, 0.2) is 0 Å². The number of aromatic nitrogens is 1. The van der Waals surface area contributed by atoms with Gasteiger partial charge in [0, 0.05) is 37.4 Å². The summed E-state index contributed by atoms with van der Waals surface area (Å²) in [5.74, 6) is -0.321. The van der Waals surface area contributed by atoms with Crippen LogP contribution in [0.1, 0.15) is 42.9 Å². The number of hydrogen-bond acceptors (Lipinski definition) is 6. The fourth-order valence-electron chi connectivity index (χ4n) is 6.07. The van der Waals surface area contributed by atoms with Crippen LogP contribution in [0.15, 0.2) is 54.7 Å². The Bertz CT molecular complexity index is 1530. The molecule has 0 saturated carbocycles. The summed E-state index contributed by atoms with van der Waals surface area (Å²) < 4.78 is 61.2. The second-order valence-corrected chi connectivity index (χ2v) is 11.1. The van der Waals surface area contributed by atoms with Crippen LogP contribution in [0.2, 0.25) is 0 Å². The first-order valence-electron chi connectivity index (χ1n) is 14.3. The fourth-order valence-corrected chi connectivity index (χ4v) is 6.07. The largest absolute Gasteiger partial charge is 0.493 e. The van der Waals surface area contributed by atoms with Gasteiger partial charge in [-0.1, -0.05) is 12.1 Å². The summed E-state index contributed by atoms with van der Waals surface area (Å²) in [5, 5.41) is 12.8. The maximum atomic E-state index is 15.8. The summed E-state index contributed by atoms with van der Waals surface area (Å²) in [6.45, 7) is 4.33. The number of pyridine rings is 1. The van der Waals surface area contributed by atoms with Gasteiger partial charge < -0.3 is 19.9 Å². The number of nitrogens with one attached hydrogen (secondary N) is 1. The Morgan fingerprint density at radius 1 is 1.16 bits per heavy atom. The Labute approximate surface area is 248 Å². The van der Waals surface area contributed by atoms with Gasteiger partial charge in [-0.05, 0) is 81.7 Å². The SMILES string of the molecule is CCOc1ccccc1-c1ncc(C2(C(=O)N[C@H]3CCN(C)C3)CCN(c3ccc(C(F)(F)F)cc3C#N)CC2)cc1F. The number of carbonyl (C=O) groups is 1. The van der Waals surface area contributed by atoms with Crippen molar-refractivity contribution in [1.82, 2.24) is 15.2 Å². The van der Waals surface area contributed by atoms with E-state index < -0.39 is 23.0 Å². The number of amides is 1. The summed E-state index contributed by atoms with van der Waals surface area (Å²) in [7, 11) is 1.98. The summed E-state index contributed by atoms with van der Waals surface area (Å²) in [5.41, 5.74) is -0.697. The molecule has 0 unspecified atom stereocenters. The van der Waals surface area contributed by atoms with Gasteiger partial charge in [-0.3, -0.25) is 9.78 Å². The molecule has 43 heavy (non-hydrogen) atoms. The van der Waals surface area contributed by atoms with Crippen LogP contribution < -0.4 is 15.0 Å². The van der Waals surface area contributed by atoms with Crippen molar-refractivity contribution in [2.75, 3.05) is 44.7 Å². The van der Waals surface area contributed by atoms with Gasteiger partial charge in [0.05, 0.1) is 28.8 Å². The fraction of sp³-hybridized carbons (Fsp3) is 0.406. The van der Waals surface area contributed by atoms with E-state index in [1.807, 2.05) is 24.9 Å². The van der Waals surface area contributed by atoms with Crippen molar-refractivity contribution in [1.29, 1.82) is 5.26 Å². The highest BCUT2D eigenvalue weighted by molar-refractivity contribution is 5.89. The van der Waals surface area contributed by atoms with Gasteiger partial charge in [-0.15, -0.1) is 0 Å². The maximum absolute atomic E-state index is 15.8. The van der Waals surface area contributed by atoms with Gasteiger partial charge in [0.25, 0.3) is 0 Å². The predicted molar refractivity (Wildman–Crippen MR) is 154 cm³/mol. The lowest BCUT2D eigenvalue weighted by Crippen LogP contribution is -2.54. The first kappa shape index (κ1) is 30.3. The molecule has 0 radical (unpaired) electrons. The van der Waals surface area contributed by atoms with E-state index in [1.165, 1.54) is 18.3 Å². The van der Waals surface area contributed by atoms with E-state index in [1.54, 1.807) is 24.3 Å². The summed E-state index contributed by atoms with van der Waals surface area (Å²) in [6, 6.07) is 13.3. The Morgan fingerprint density at radius 3 is 2.53 bits per heavy atom. The number of rotatable bonds is 7. The maximum Gasteiger partial charge on any atom is 0.416 e. The normalized spacial score (nSPS) is 18.7. The number of halogens is 4. The molecule has 0 aliphatic carbocycles. The molecule has 5 rings (SSSR count). The van der Waals surface area contributed by atoms with E-state index in [9.17, 15) is 23.2 Å². The van der Waals surface area contributed by atoms with E-state index >= 15 is 4.39 Å². The second kappa shape index (κ2) is 12.2. The number of nitrogens with zero attached hydrogens (tertiary/aromatic N) is 4. The number of benzene rings is 2. The number of hydrogen-bond donors (Lipinski definition) is 1. The highest BCUT2D eigenvalue weighted by Crippen LogP contribution is 2.41. The molecule has 0 bridgehead atoms. The molecule has 1 aromatic heterocycles. The standard InChI is InChI=1S/C32H33F4N5O2/c1-3-43-28-7-5-4-6-25(28)29-26(33)17-23(19-38-29)31(30(42)39-24-10-13-40(2)20-24)11-14-41(15-12-31)27-9-8-22(32(34,35)36)16-21(27)18-37/h4-9,16-17,19,24H,3,10-15,20H2,1-2H3,(H,39,42)/t24-/m0/s1. The highest BCUT2D eigenvalue weighted by atomic mass is 19.4. The number of alkyl halides is 3. The average Bonchev–Trinajstić information content (AvgIpc) is 3.41. The lowest BCUT2D eigenvalue weighted by molar-refractivity contribution is -0.137. The average molecular weight is 596 g/mol. The molecule has 3 aromatic rings. The second-order valence-electron chi connectivity index (χ2n) is 11.1. The van der Waals surface area contributed by atoms with E-state index in [2.05, 4.69) is 15.2 Å². The number of likely N-dealkylation sites (tertiary alicyclic amines) is 1. The van der Waals surface area contributed by atoms with Crippen molar-refractivity contribution < 1.29 is 27.1 Å². The van der Waals surface area contributed by atoms with Gasteiger partial charge in [-0.2, -0.15) is 18.4 Å². The molecule has 1 atom stereocenters. The van der Waals surface area contributed by atoms with E-state index in [0.29, 0.717) is 35.7 Å². The molecule has 2 aliphatic rings. The van der Waals surface area contributed by atoms with Crippen molar-refractivity contribution in [2.45, 2.75) is 43.8 Å². The molecule has 3 heterocycles. The zero-order chi connectivity index (χ0) is 30.8. The molecule has 2 aliphatic heterocycles. The summed E-state index contributed by atoms with van der Waals surface area (Å²) in [4.78, 5) is 22.4. The molecule has 11 heteroatoms. The third-order valence-corrected chi connectivity index (χ3v) is 8.40. The number of anilines is 1. The third kappa shape index (κ3) is 6.15. The first-order chi connectivity index (χ1) is 20.6. The van der Waals surface area contributed by atoms with Gasteiger partial charge in [0.2, 0.25) is 5.91 Å². The lowest BCUT2D eigenvalue weighted by Gasteiger charge is -2.42. The van der Waals surface area contributed by atoms with Gasteiger partial charge in [-0.25, -0.2) is 4.39 Å². The van der Waals surface area contributed by atoms with E-state index in [-0.39, 0.29) is 49.1 Å². The van der Waals surface area contributed by atoms with Crippen LogP contribution in [0.5, 0.6) is 5.75 Å². The Hall–Kier alpha value is -4.17. The van der Waals surface area contributed by atoms with Crippen LogP contribution in [-0.2, 0) is 16.4 Å². The van der Waals surface area contributed by atoms with E-state index in [0.717, 1.165) is 25.1 Å². The van der Waals surface area contributed by atoms with Crippen molar-refractivity contribution >= 4 is 11.6 Å². The molecule has 0 spiro atoms. The minimum Gasteiger partial charge on any atom is -0.493 e. The number of piperidine rings is 1. The molecule has 1 N–H and O–H groups in total. The van der Waals surface area contributed by atoms with Gasteiger partial charge in [0.1, 0.15) is 23.3 Å². The van der Waals surface area contributed by atoms with Crippen LogP contribution in [-0.4, -0.2) is 61.7 Å². The van der Waals surface area contributed by atoms with Crippen LogP contribution in [0.4, 0.5) is 23.2 Å². The molecule has 2 fully saturated rings. The Morgan fingerprint density at radius 2 is 1.91 bits per heavy atom. The topological polar surface area (TPSA) is 81.5 Å². The molecule has 2 aromatic carbocycles. The molecular formula is C32H33F4N5O2. The molecular weight excluding hydrogens is 562 g/mol. The van der Waals surface area contributed by atoms with Crippen molar-refractivity contribution in [2.24, 2.45) is 0 Å². The van der Waals surface area contributed by atoms with Crippen molar-refractivity contribution in [3.8, 4) is 23.1 Å². The minimum absolute atomic E-state index is 0.0531. The Kier molecular flexibility index (Phi) is 8.60. The zero-order valence-corrected chi connectivity index (χ0v) is 24.0. The number of nitriles is 1. The van der Waals surface area contributed by atoms with Crippen LogP contribution >= 0.6 is 0 Å². The number of likely N-dealkylation sites (N-methyl/N-ethyl adjacent to an activating group) is 1. The quantitative estimate of drug-likeness (QED) is 0.362. The zero-order valence-electron chi connectivity index (χ0n) is 24.0. The Balaban J connectivity index is 1.47. The van der Waals surface area contributed by atoms with E-state index in [4.69, 9.17) is 4.74 Å². The molecule has 7 nitrogen and oxygen atoms in total. The van der Waals surface area contributed by atoms with Crippen LogP contribution in [0.25, 0.3) is 11.3 Å². The van der Waals surface area contributed by atoms with Crippen LogP contribution in [0, 0.1) is 17.1 Å². The lowest BCUT2D eigenvalue weighted by atomic mass is 9.72. The minimum atomic E-state index is -4.57. The summed E-state index contributed by atoms with van der Waals surface area (Å²) in [6.07, 6.45) is -1.73. The third-order valence-electron chi connectivity index (χ3n) is 8.40. The molecule has 1 amide bonds. The summed E-state index contributed by atoms with van der Waals surface area (Å²) >= 11 is 0. The smallest absolute Gasteiger partial charge is 0.416 e. The number of ether oxygens (including phenoxy) is 1. The monoisotopic (exact) mass is 595 g/mol. The predicted octanol–water partition coefficient (Wildman–Crippen LogP) is 5.54. The van der Waals surface area contributed by atoms with Crippen LogP contribution in [0.3, 0.4) is 0 Å². The molecule has 226 valence electrons. The molecule has 2 saturated heterocycles. The van der Waals surface area contributed by atoms with Gasteiger partial charge >= 0.3 is 6.18 Å². The van der Waals surface area contributed by atoms with Crippen molar-refractivity contribution in [3.63, 3.8) is 0 Å². The number of para-hydroxylation sites is 1.